The third-order valence-electron chi connectivity index (χ3n) is 3.52. The average Bonchev–Trinajstić information content (AvgIpc) is 2.57. The third-order valence-corrected chi connectivity index (χ3v) is 4.73. The molecule has 0 aliphatic carbocycles. The fourth-order valence-electron chi connectivity index (χ4n) is 2.43. The molecule has 3 nitrogen and oxygen atoms in total. The molecule has 0 N–H and O–H groups in total. The molecule has 1 aliphatic heterocycles. The molecular weight excluding hydrogens is 446 g/mol. The van der Waals surface area contributed by atoms with Gasteiger partial charge in [-0.3, -0.25) is 0 Å². The van der Waals surface area contributed by atoms with Gasteiger partial charge in [-0.25, -0.2) is 0 Å². The van der Waals surface area contributed by atoms with Gasteiger partial charge in [0.2, 0.25) is 0 Å². The van der Waals surface area contributed by atoms with Crippen LogP contribution in [0.25, 0.3) is 5.57 Å². The van der Waals surface area contributed by atoms with Crippen molar-refractivity contribution < 1.29 is 28.8 Å². The maximum absolute atomic E-state index is 5.84. The Morgan fingerprint density at radius 3 is 2.55 bits per heavy atom. The van der Waals surface area contributed by atoms with Crippen molar-refractivity contribution in [1.29, 1.82) is 0 Å². The summed E-state index contributed by atoms with van der Waals surface area (Å²) in [5.41, 5.74) is 3.64. The van der Waals surface area contributed by atoms with Crippen molar-refractivity contribution in [1.82, 2.24) is 4.90 Å². The van der Waals surface area contributed by atoms with Crippen molar-refractivity contribution in [2.45, 2.75) is 13.8 Å². The topological polar surface area (TPSA) is 21.7 Å². The van der Waals surface area contributed by atoms with Crippen molar-refractivity contribution in [3.8, 4) is 0 Å². The summed E-state index contributed by atoms with van der Waals surface area (Å²) in [6.45, 7) is 8.28. The number of benzene rings is 1. The third kappa shape index (κ3) is 4.74. The summed E-state index contributed by atoms with van der Waals surface area (Å²) in [5.74, 6) is 0. The molecule has 0 spiro atoms. The van der Waals surface area contributed by atoms with E-state index in [2.05, 4.69) is 48.4 Å². The number of allylic oxidation sites excluding steroid dienone is 1. The molecule has 1 aliphatic rings. The Labute approximate surface area is 144 Å². The van der Waals surface area contributed by atoms with Crippen LogP contribution in [0, 0.1) is 0 Å². The zero-order chi connectivity index (χ0) is 15.8. The quantitative estimate of drug-likeness (QED) is 0.599. The van der Waals surface area contributed by atoms with E-state index in [1.165, 1.54) is 36.1 Å². The van der Waals surface area contributed by atoms with Gasteiger partial charge in [0.25, 0.3) is 0 Å². The van der Waals surface area contributed by atoms with E-state index in [1.807, 2.05) is 13.0 Å². The number of hydrogen-bond acceptors (Lipinski definition) is 3. The molecular formula is C18H23NO2W. The second-order valence-corrected chi connectivity index (χ2v) is 6.31. The Morgan fingerprint density at radius 2 is 1.95 bits per heavy atom. The first-order chi connectivity index (χ1) is 10.8. The second kappa shape index (κ2) is 9.19. The summed E-state index contributed by atoms with van der Waals surface area (Å²) in [7, 11) is 0. The first-order valence-corrected chi connectivity index (χ1v) is 9.15. The van der Waals surface area contributed by atoms with Crippen LogP contribution in [0.4, 0.5) is 0 Å². The van der Waals surface area contributed by atoms with E-state index in [0.29, 0.717) is 6.61 Å². The minimum absolute atomic E-state index is 0.699. The van der Waals surface area contributed by atoms with Crippen LogP contribution in [-0.4, -0.2) is 41.9 Å². The summed E-state index contributed by atoms with van der Waals surface area (Å²) >= 11 is 1.35. The molecule has 1 aromatic rings. The van der Waals surface area contributed by atoms with Crippen molar-refractivity contribution in [2.75, 3.05) is 32.9 Å². The molecule has 1 saturated heterocycles. The molecule has 0 saturated carbocycles. The molecule has 1 heterocycles. The molecule has 22 heavy (non-hydrogen) atoms. The van der Waals surface area contributed by atoms with E-state index >= 15 is 0 Å². The molecule has 0 bridgehead atoms. The van der Waals surface area contributed by atoms with Crippen LogP contribution in [-0.2, 0) is 28.8 Å². The van der Waals surface area contributed by atoms with E-state index in [4.69, 9.17) is 9.47 Å². The summed E-state index contributed by atoms with van der Waals surface area (Å²) in [6, 6.07) is 10.5. The van der Waals surface area contributed by atoms with Gasteiger partial charge in [0.1, 0.15) is 0 Å². The molecule has 0 atom stereocenters. The van der Waals surface area contributed by atoms with Crippen LogP contribution in [0.3, 0.4) is 0 Å². The van der Waals surface area contributed by atoms with Gasteiger partial charge in [0.05, 0.1) is 0 Å². The minimum atomic E-state index is 0.699. The Bertz CT molecular complexity index is 545. The van der Waals surface area contributed by atoms with Crippen LogP contribution in [0.5, 0.6) is 0 Å². The van der Waals surface area contributed by atoms with Gasteiger partial charge in [0.15, 0.2) is 0 Å². The Kier molecular flexibility index (Phi) is 7.24. The van der Waals surface area contributed by atoms with Crippen LogP contribution < -0.4 is 0 Å². The van der Waals surface area contributed by atoms with Crippen molar-refractivity contribution in [3.63, 3.8) is 0 Å². The molecule has 0 unspecified atom stereocenters. The number of morpholine rings is 1. The number of nitrogens with zero attached hydrogens (tertiary/aromatic N) is 1. The predicted molar refractivity (Wildman–Crippen MR) is 87.2 cm³/mol. The molecule has 0 aromatic heterocycles. The Hall–Kier alpha value is -1.02. The molecule has 118 valence electrons. The first-order valence-electron chi connectivity index (χ1n) is 7.69. The van der Waals surface area contributed by atoms with Gasteiger partial charge in [0, 0.05) is 0 Å². The van der Waals surface area contributed by atoms with E-state index < -0.39 is 0 Å². The van der Waals surface area contributed by atoms with E-state index in [9.17, 15) is 0 Å². The van der Waals surface area contributed by atoms with Gasteiger partial charge in [-0.05, 0) is 0 Å². The van der Waals surface area contributed by atoms with Crippen molar-refractivity contribution >= 4 is 9.66 Å². The zero-order valence-electron chi connectivity index (χ0n) is 13.2. The summed E-state index contributed by atoms with van der Waals surface area (Å²) in [5, 5.41) is 0. The fraction of sp³-hybridized carbons (Fsp3) is 0.389. The van der Waals surface area contributed by atoms with Crippen LogP contribution >= 0.6 is 0 Å². The van der Waals surface area contributed by atoms with E-state index in [0.717, 1.165) is 30.4 Å². The fourth-order valence-corrected chi connectivity index (χ4v) is 3.43. The molecule has 0 amide bonds. The molecule has 2 rings (SSSR count). The molecule has 0 radical (unpaired) electrons. The molecule has 1 aromatic carbocycles. The summed E-state index contributed by atoms with van der Waals surface area (Å²) in [6.07, 6.45) is 4.41. The standard InChI is InChI=1S/C18H23NO2.W/c1-3-18(16-8-6-5-7-9-16)17(15-20-4-2)14-19-10-12-21-13-11-19;/h3,5-9,14H,4,10-13H2,1-2H3;/b17-14?,18-3+;. The zero-order valence-corrected chi connectivity index (χ0v) is 16.2. The van der Waals surface area contributed by atoms with Crippen LogP contribution in [0.15, 0.2) is 48.2 Å². The van der Waals surface area contributed by atoms with Gasteiger partial charge in [-0.15, -0.1) is 0 Å². The average molecular weight is 469 g/mol. The summed E-state index contributed by atoms with van der Waals surface area (Å²) < 4.78 is 12.3. The number of hydrogen-bond donors (Lipinski definition) is 0. The monoisotopic (exact) mass is 469 g/mol. The normalized spacial score (nSPS) is 16.7. The SMILES string of the molecule is C/C=C(/C(=CN1CCOCC1)[C](=[W])OCC)c1ccccc1. The van der Waals surface area contributed by atoms with Gasteiger partial charge in [-0.2, -0.15) is 0 Å². The Morgan fingerprint density at radius 1 is 1.27 bits per heavy atom. The second-order valence-electron chi connectivity index (χ2n) is 4.98. The number of ether oxygens (including phenoxy) is 2. The number of rotatable bonds is 6. The molecule has 4 heteroatoms. The van der Waals surface area contributed by atoms with Crippen molar-refractivity contribution in [2.24, 2.45) is 0 Å². The van der Waals surface area contributed by atoms with E-state index in [-0.39, 0.29) is 0 Å². The summed E-state index contributed by atoms with van der Waals surface area (Å²) in [4.78, 5) is 2.33. The Balaban J connectivity index is 2.34. The molecule has 1 fully saturated rings. The van der Waals surface area contributed by atoms with Gasteiger partial charge < -0.3 is 0 Å². The predicted octanol–water partition coefficient (Wildman–Crippen LogP) is 3.02. The first kappa shape index (κ1) is 17.3. The van der Waals surface area contributed by atoms with Gasteiger partial charge in [-0.1, -0.05) is 0 Å². The van der Waals surface area contributed by atoms with Crippen LogP contribution in [0.1, 0.15) is 19.4 Å². The van der Waals surface area contributed by atoms with Gasteiger partial charge >= 0.3 is 144 Å². The van der Waals surface area contributed by atoms with Crippen molar-refractivity contribution in [3.05, 3.63) is 53.7 Å². The maximum atomic E-state index is 5.84. The van der Waals surface area contributed by atoms with E-state index in [1.54, 1.807) is 0 Å². The van der Waals surface area contributed by atoms with Crippen LogP contribution in [0.2, 0.25) is 0 Å².